The predicted molar refractivity (Wildman–Crippen MR) is 54.3 cm³/mol. The van der Waals surface area contributed by atoms with Crippen molar-refractivity contribution in [3.05, 3.63) is 17.5 Å². The van der Waals surface area contributed by atoms with Gasteiger partial charge in [0.25, 0.3) is 0 Å². The maximum absolute atomic E-state index is 11.7. The Balaban J connectivity index is 2.87. The van der Waals surface area contributed by atoms with Gasteiger partial charge in [0.05, 0.1) is 0 Å². The van der Waals surface area contributed by atoms with Gasteiger partial charge in [-0.1, -0.05) is 5.16 Å². The molecule has 0 aromatic carbocycles. The molecule has 1 aromatic rings. The summed E-state index contributed by atoms with van der Waals surface area (Å²) in [6, 6.07) is -0.355. The summed E-state index contributed by atoms with van der Waals surface area (Å²) in [5.41, 5.74) is 5.80. The summed E-state index contributed by atoms with van der Waals surface area (Å²) in [4.78, 5) is 11.7. The van der Waals surface area contributed by atoms with Gasteiger partial charge in [0.2, 0.25) is 0 Å². The van der Waals surface area contributed by atoms with E-state index >= 15 is 0 Å². The second-order valence-corrected chi connectivity index (χ2v) is 4.40. The van der Waals surface area contributed by atoms with Gasteiger partial charge in [0, 0.05) is 6.04 Å². The fourth-order valence-electron chi connectivity index (χ4n) is 1.06. The summed E-state index contributed by atoms with van der Waals surface area (Å²) in [6.07, 6.45) is 1.26. The quantitative estimate of drug-likeness (QED) is 0.754. The number of nitrogens with zero attached hydrogens (tertiary/aromatic N) is 1. The van der Waals surface area contributed by atoms with Crippen LogP contribution in [0.3, 0.4) is 0 Å². The summed E-state index contributed by atoms with van der Waals surface area (Å²) in [5, 5.41) is 3.67. The fourth-order valence-corrected chi connectivity index (χ4v) is 1.06. The molecular weight excluding hydrogens is 196 g/mol. The molecule has 0 radical (unpaired) electrons. The highest BCUT2D eigenvalue weighted by Crippen LogP contribution is 2.18. The molecule has 0 aliphatic carbocycles. The van der Waals surface area contributed by atoms with Gasteiger partial charge in [-0.3, -0.25) is 0 Å². The third kappa shape index (κ3) is 3.06. The SMILES string of the molecule is CC(N)c1nocc1C(=O)OC(C)(C)C. The molecule has 2 N–H and O–H groups in total. The zero-order valence-electron chi connectivity index (χ0n) is 9.40. The van der Waals surface area contributed by atoms with Crippen molar-refractivity contribution in [2.45, 2.75) is 39.3 Å². The molecule has 1 heterocycles. The van der Waals surface area contributed by atoms with E-state index in [1.54, 1.807) is 27.7 Å². The fraction of sp³-hybridized carbons (Fsp3) is 0.600. The van der Waals surface area contributed by atoms with Gasteiger partial charge in [0.1, 0.15) is 23.1 Å². The average Bonchev–Trinajstić information content (AvgIpc) is 2.47. The van der Waals surface area contributed by atoms with Gasteiger partial charge in [-0.2, -0.15) is 0 Å². The first-order valence-corrected chi connectivity index (χ1v) is 4.74. The van der Waals surface area contributed by atoms with Crippen molar-refractivity contribution >= 4 is 5.97 Å². The minimum absolute atomic E-state index is 0.292. The number of esters is 1. The topological polar surface area (TPSA) is 78.4 Å². The third-order valence-electron chi connectivity index (χ3n) is 1.65. The van der Waals surface area contributed by atoms with E-state index in [1.165, 1.54) is 6.26 Å². The number of carbonyl (C=O) groups excluding carboxylic acids is 1. The molecular formula is C10H16N2O3. The minimum Gasteiger partial charge on any atom is -0.456 e. The largest absolute Gasteiger partial charge is 0.456 e. The number of rotatable bonds is 2. The number of ether oxygens (including phenoxy) is 1. The van der Waals surface area contributed by atoms with Crippen molar-refractivity contribution in [2.24, 2.45) is 5.73 Å². The monoisotopic (exact) mass is 212 g/mol. The van der Waals surface area contributed by atoms with Crippen LogP contribution >= 0.6 is 0 Å². The number of aromatic nitrogens is 1. The molecule has 0 spiro atoms. The summed E-state index contributed by atoms with van der Waals surface area (Å²) >= 11 is 0. The Bertz CT molecular complexity index is 350. The second kappa shape index (κ2) is 4.02. The molecule has 0 fully saturated rings. The molecule has 0 aliphatic heterocycles. The van der Waals surface area contributed by atoms with Gasteiger partial charge in [-0.05, 0) is 27.7 Å². The molecule has 0 bridgehead atoms. The standard InChI is InChI=1S/C10H16N2O3/c1-6(11)8-7(5-14-12-8)9(13)15-10(2,3)4/h5-6H,11H2,1-4H3. The molecule has 1 atom stereocenters. The Kier molecular flexibility index (Phi) is 3.14. The molecule has 1 aromatic heterocycles. The molecule has 5 heteroatoms. The summed E-state index contributed by atoms with van der Waals surface area (Å²) < 4.78 is 9.89. The van der Waals surface area contributed by atoms with Crippen LogP contribution < -0.4 is 5.73 Å². The maximum atomic E-state index is 11.7. The number of hydrogen-bond acceptors (Lipinski definition) is 5. The van der Waals surface area contributed by atoms with Crippen molar-refractivity contribution in [1.29, 1.82) is 0 Å². The van der Waals surface area contributed by atoms with Gasteiger partial charge in [-0.25, -0.2) is 4.79 Å². The molecule has 1 unspecified atom stereocenters. The van der Waals surface area contributed by atoms with E-state index in [0.717, 1.165) is 0 Å². The molecule has 0 saturated carbocycles. The Morgan fingerprint density at radius 2 is 2.20 bits per heavy atom. The number of hydrogen-bond donors (Lipinski definition) is 1. The molecule has 84 valence electrons. The normalized spacial score (nSPS) is 13.7. The zero-order valence-corrected chi connectivity index (χ0v) is 9.40. The van der Waals surface area contributed by atoms with Crippen molar-refractivity contribution in [3.63, 3.8) is 0 Å². The van der Waals surface area contributed by atoms with Crippen molar-refractivity contribution in [3.8, 4) is 0 Å². The molecule has 1 rings (SSSR count). The lowest BCUT2D eigenvalue weighted by atomic mass is 10.1. The van der Waals surface area contributed by atoms with E-state index < -0.39 is 11.6 Å². The van der Waals surface area contributed by atoms with Crippen LogP contribution in [-0.4, -0.2) is 16.7 Å². The van der Waals surface area contributed by atoms with Gasteiger partial charge < -0.3 is 15.0 Å². The van der Waals surface area contributed by atoms with Crippen LogP contribution in [0.4, 0.5) is 0 Å². The highest BCUT2D eigenvalue weighted by atomic mass is 16.6. The summed E-state index contributed by atoms with van der Waals surface area (Å²) in [7, 11) is 0. The van der Waals surface area contributed by atoms with E-state index in [1.807, 2.05) is 0 Å². The maximum Gasteiger partial charge on any atom is 0.343 e. The third-order valence-corrected chi connectivity index (χ3v) is 1.65. The van der Waals surface area contributed by atoms with Crippen LogP contribution in [0.2, 0.25) is 0 Å². The summed E-state index contributed by atoms with van der Waals surface area (Å²) in [5.74, 6) is -0.462. The molecule has 0 saturated heterocycles. The van der Waals surface area contributed by atoms with Crippen LogP contribution in [0.1, 0.15) is 49.8 Å². The molecule has 15 heavy (non-hydrogen) atoms. The van der Waals surface area contributed by atoms with E-state index in [9.17, 15) is 4.79 Å². The molecule has 5 nitrogen and oxygen atoms in total. The smallest absolute Gasteiger partial charge is 0.343 e. The lowest BCUT2D eigenvalue weighted by Crippen LogP contribution is -2.25. The van der Waals surface area contributed by atoms with Crippen LogP contribution in [-0.2, 0) is 4.74 Å². The number of nitrogens with two attached hydrogens (primary N) is 1. The van der Waals surface area contributed by atoms with Crippen molar-refractivity contribution < 1.29 is 14.1 Å². The Morgan fingerprint density at radius 3 is 2.67 bits per heavy atom. The zero-order chi connectivity index (χ0) is 11.6. The van der Waals surface area contributed by atoms with E-state index in [-0.39, 0.29) is 6.04 Å². The lowest BCUT2D eigenvalue weighted by Gasteiger charge is -2.19. The predicted octanol–water partition coefficient (Wildman–Crippen LogP) is 1.65. The van der Waals surface area contributed by atoms with Crippen LogP contribution in [0, 0.1) is 0 Å². The van der Waals surface area contributed by atoms with Crippen LogP contribution in [0.25, 0.3) is 0 Å². The summed E-state index contributed by atoms with van der Waals surface area (Å²) in [6.45, 7) is 7.11. The Labute approximate surface area is 88.6 Å². The van der Waals surface area contributed by atoms with Crippen molar-refractivity contribution in [1.82, 2.24) is 5.16 Å². The molecule has 0 amide bonds. The number of carbonyl (C=O) groups is 1. The lowest BCUT2D eigenvalue weighted by molar-refractivity contribution is 0.00673. The molecule has 0 aliphatic rings. The van der Waals surface area contributed by atoms with Crippen molar-refractivity contribution in [2.75, 3.05) is 0 Å². The highest BCUT2D eigenvalue weighted by molar-refractivity contribution is 5.90. The average molecular weight is 212 g/mol. The van der Waals surface area contributed by atoms with E-state index in [4.69, 9.17) is 15.0 Å². The Morgan fingerprint density at radius 1 is 1.60 bits per heavy atom. The van der Waals surface area contributed by atoms with Crippen LogP contribution in [0.15, 0.2) is 10.8 Å². The van der Waals surface area contributed by atoms with E-state index in [2.05, 4.69) is 5.16 Å². The van der Waals surface area contributed by atoms with Crippen LogP contribution in [0.5, 0.6) is 0 Å². The van der Waals surface area contributed by atoms with Gasteiger partial charge in [0.15, 0.2) is 0 Å². The second-order valence-electron chi connectivity index (χ2n) is 4.40. The first kappa shape index (κ1) is 11.7. The Hall–Kier alpha value is -1.36. The minimum atomic E-state index is -0.538. The first-order valence-electron chi connectivity index (χ1n) is 4.74. The van der Waals surface area contributed by atoms with Gasteiger partial charge >= 0.3 is 5.97 Å². The first-order chi connectivity index (χ1) is 6.81. The van der Waals surface area contributed by atoms with Gasteiger partial charge in [-0.15, -0.1) is 0 Å². The highest BCUT2D eigenvalue weighted by Gasteiger charge is 2.24. The van der Waals surface area contributed by atoms with E-state index in [0.29, 0.717) is 11.3 Å².